The summed E-state index contributed by atoms with van der Waals surface area (Å²) >= 11 is 5.15. The standard InChI is InChI=1S/C7H3ClF5N/c8-5-3(6(9)10)1-14-2-4(5)7(11,12)13/h1-2,6H. The molecule has 78 valence electrons. The van der Waals surface area contributed by atoms with E-state index >= 15 is 0 Å². The van der Waals surface area contributed by atoms with Crippen molar-refractivity contribution in [2.24, 2.45) is 0 Å². The fourth-order valence-electron chi connectivity index (χ4n) is 0.811. The first kappa shape index (κ1) is 11.2. The van der Waals surface area contributed by atoms with Crippen LogP contribution in [0.3, 0.4) is 0 Å². The molecule has 0 saturated carbocycles. The SMILES string of the molecule is FC(F)c1cncc(C(F)(F)F)c1Cl. The Morgan fingerprint density at radius 3 is 2.21 bits per heavy atom. The van der Waals surface area contributed by atoms with Gasteiger partial charge in [0, 0.05) is 12.4 Å². The monoisotopic (exact) mass is 231 g/mol. The number of pyridine rings is 1. The van der Waals surface area contributed by atoms with Gasteiger partial charge in [-0.1, -0.05) is 11.6 Å². The average Bonchev–Trinajstić information content (AvgIpc) is 2.01. The molecule has 0 amide bonds. The van der Waals surface area contributed by atoms with Gasteiger partial charge in [0.05, 0.1) is 16.1 Å². The summed E-state index contributed by atoms with van der Waals surface area (Å²) in [4.78, 5) is 3.05. The fourth-order valence-corrected chi connectivity index (χ4v) is 1.10. The maximum absolute atomic E-state index is 12.1. The van der Waals surface area contributed by atoms with Gasteiger partial charge < -0.3 is 0 Å². The normalized spacial score (nSPS) is 12.2. The Balaban J connectivity index is 3.28. The second kappa shape index (κ2) is 3.68. The predicted octanol–water partition coefficient (Wildman–Crippen LogP) is 3.69. The van der Waals surface area contributed by atoms with E-state index in [1.165, 1.54) is 0 Å². The van der Waals surface area contributed by atoms with Gasteiger partial charge in [-0.15, -0.1) is 0 Å². The Morgan fingerprint density at radius 2 is 1.79 bits per heavy atom. The number of aromatic nitrogens is 1. The first-order chi connectivity index (χ1) is 6.34. The van der Waals surface area contributed by atoms with Crippen molar-refractivity contribution in [3.63, 3.8) is 0 Å². The summed E-state index contributed by atoms with van der Waals surface area (Å²) in [6, 6.07) is 0. The van der Waals surface area contributed by atoms with Gasteiger partial charge in [-0.2, -0.15) is 13.2 Å². The van der Waals surface area contributed by atoms with E-state index in [1.54, 1.807) is 0 Å². The maximum Gasteiger partial charge on any atom is 0.419 e. The minimum absolute atomic E-state index is 0.411. The Hall–Kier alpha value is -0.910. The molecule has 1 nitrogen and oxygen atoms in total. The summed E-state index contributed by atoms with van der Waals surface area (Å²) < 4.78 is 60.6. The van der Waals surface area contributed by atoms with Gasteiger partial charge in [-0.25, -0.2) is 8.78 Å². The molecule has 0 aromatic carbocycles. The second-order valence-electron chi connectivity index (χ2n) is 2.39. The molecular weight excluding hydrogens is 229 g/mol. The Labute approximate surface area is 80.5 Å². The highest BCUT2D eigenvalue weighted by Crippen LogP contribution is 2.38. The fraction of sp³-hybridized carbons (Fsp3) is 0.286. The van der Waals surface area contributed by atoms with Crippen LogP contribution in [-0.4, -0.2) is 4.98 Å². The van der Waals surface area contributed by atoms with E-state index in [4.69, 9.17) is 11.6 Å². The van der Waals surface area contributed by atoms with E-state index in [1.807, 2.05) is 0 Å². The molecule has 0 N–H and O–H groups in total. The van der Waals surface area contributed by atoms with Crippen LogP contribution in [0.4, 0.5) is 22.0 Å². The Kier molecular flexibility index (Phi) is 2.94. The van der Waals surface area contributed by atoms with Crippen LogP contribution in [0.25, 0.3) is 0 Å². The van der Waals surface area contributed by atoms with Crippen molar-refractivity contribution in [1.29, 1.82) is 0 Å². The predicted molar refractivity (Wildman–Crippen MR) is 39.2 cm³/mol. The molecule has 0 saturated heterocycles. The van der Waals surface area contributed by atoms with Gasteiger partial charge in [0.25, 0.3) is 6.43 Å². The molecule has 1 aromatic rings. The second-order valence-corrected chi connectivity index (χ2v) is 2.77. The van der Waals surface area contributed by atoms with Gasteiger partial charge in [0.1, 0.15) is 0 Å². The van der Waals surface area contributed by atoms with E-state index in [-0.39, 0.29) is 0 Å². The summed E-state index contributed by atoms with van der Waals surface area (Å²) in [5.41, 5.74) is -2.27. The van der Waals surface area contributed by atoms with Crippen LogP contribution in [0.5, 0.6) is 0 Å². The van der Waals surface area contributed by atoms with Gasteiger partial charge >= 0.3 is 6.18 Å². The summed E-state index contributed by atoms with van der Waals surface area (Å²) in [6.07, 6.45) is -6.82. The van der Waals surface area contributed by atoms with Crippen molar-refractivity contribution < 1.29 is 22.0 Å². The number of rotatable bonds is 1. The minimum Gasteiger partial charge on any atom is -0.263 e. The lowest BCUT2D eigenvalue weighted by atomic mass is 10.2. The first-order valence-corrected chi connectivity index (χ1v) is 3.70. The molecule has 1 heterocycles. The van der Waals surface area contributed by atoms with E-state index in [9.17, 15) is 22.0 Å². The van der Waals surface area contributed by atoms with E-state index in [0.717, 1.165) is 0 Å². The topological polar surface area (TPSA) is 12.9 Å². The Morgan fingerprint density at radius 1 is 1.21 bits per heavy atom. The number of nitrogens with zero attached hydrogens (tertiary/aromatic N) is 1. The number of alkyl halides is 5. The van der Waals surface area contributed by atoms with Crippen molar-refractivity contribution in [2.45, 2.75) is 12.6 Å². The van der Waals surface area contributed by atoms with Crippen molar-refractivity contribution in [2.75, 3.05) is 0 Å². The van der Waals surface area contributed by atoms with Crippen LogP contribution < -0.4 is 0 Å². The number of hydrogen-bond donors (Lipinski definition) is 0. The lowest BCUT2D eigenvalue weighted by molar-refractivity contribution is -0.137. The molecule has 1 rings (SSSR count). The van der Waals surface area contributed by atoms with Crippen molar-refractivity contribution in [1.82, 2.24) is 4.98 Å². The van der Waals surface area contributed by atoms with Crippen LogP contribution in [0.1, 0.15) is 17.6 Å². The smallest absolute Gasteiger partial charge is 0.263 e. The minimum atomic E-state index is -4.77. The van der Waals surface area contributed by atoms with Gasteiger partial charge in [0.15, 0.2) is 0 Å². The molecule has 7 heteroatoms. The summed E-state index contributed by atoms with van der Waals surface area (Å²) in [5, 5.41) is -0.998. The lowest BCUT2D eigenvalue weighted by Crippen LogP contribution is -2.08. The molecule has 14 heavy (non-hydrogen) atoms. The highest BCUT2D eigenvalue weighted by atomic mass is 35.5. The largest absolute Gasteiger partial charge is 0.419 e. The third-order valence-electron chi connectivity index (χ3n) is 1.45. The Bertz CT molecular complexity index is 335. The molecule has 0 radical (unpaired) electrons. The highest BCUT2D eigenvalue weighted by molar-refractivity contribution is 6.32. The lowest BCUT2D eigenvalue weighted by Gasteiger charge is -2.10. The summed E-state index contributed by atoms with van der Waals surface area (Å²) in [6.45, 7) is 0. The van der Waals surface area contributed by atoms with Crippen molar-refractivity contribution in [3.05, 3.63) is 28.5 Å². The van der Waals surface area contributed by atoms with E-state index < -0.39 is 28.8 Å². The van der Waals surface area contributed by atoms with Crippen molar-refractivity contribution in [3.8, 4) is 0 Å². The van der Waals surface area contributed by atoms with Crippen LogP contribution in [0.15, 0.2) is 12.4 Å². The third-order valence-corrected chi connectivity index (χ3v) is 1.87. The zero-order valence-electron chi connectivity index (χ0n) is 6.45. The van der Waals surface area contributed by atoms with Crippen LogP contribution in [-0.2, 0) is 6.18 Å². The molecule has 0 fully saturated rings. The molecule has 1 aromatic heterocycles. The zero-order chi connectivity index (χ0) is 10.9. The molecule has 0 spiro atoms. The molecule has 0 aliphatic carbocycles. The molecule has 0 unspecified atom stereocenters. The number of hydrogen-bond acceptors (Lipinski definition) is 1. The maximum atomic E-state index is 12.1. The zero-order valence-corrected chi connectivity index (χ0v) is 7.20. The molecule has 0 atom stereocenters. The molecule has 0 aliphatic rings. The van der Waals surface area contributed by atoms with Crippen LogP contribution in [0, 0.1) is 0 Å². The summed E-state index contributed by atoms with van der Waals surface area (Å²) in [5.74, 6) is 0. The van der Waals surface area contributed by atoms with Gasteiger partial charge in [-0.3, -0.25) is 4.98 Å². The quantitative estimate of drug-likeness (QED) is 0.672. The molecule has 0 aliphatic heterocycles. The molecule has 0 bridgehead atoms. The first-order valence-electron chi connectivity index (χ1n) is 3.32. The van der Waals surface area contributed by atoms with Gasteiger partial charge in [-0.05, 0) is 0 Å². The van der Waals surface area contributed by atoms with Crippen molar-refractivity contribution >= 4 is 11.6 Å². The third kappa shape index (κ3) is 2.12. The number of halogens is 6. The average molecular weight is 232 g/mol. The van der Waals surface area contributed by atoms with E-state index in [2.05, 4.69) is 4.98 Å². The van der Waals surface area contributed by atoms with Crippen LogP contribution >= 0.6 is 11.6 Å². The van der Waals surface area contributed by atoms with E-state index in [0.29, 0.717) is 12.4 Å². The van der Waals surface area contributed by atoms with Gasteiger partial charge in [0.2, 0.25) is 0 Å². The van der Waals surface area contributed by atoms with Crippen LogP contribution in [0.2, 0.25) is 5.02 Å². The highest BCUT2D eigenvalue weighted by Gasteiger charge is 2.35. The molecular formula is C7H3ClF5N. The summed E-state index contributed by atoms with van der Waals surface area (Å²) in [7, 11) is 0.